The van der Waals surface area contributed by atoms with E-state index in [1.54, 1.807) is 24.3 Å². The molecule has 0 saturated carbocycles. The minimum Gasteiger partial charge on any atom is -0.494 e. The van der Waals surface area contributed by atoms with E-state index in [4.69, 9.17) is 14.2 Å². The highest BCUT2D eigenvalue weighted by molar-refractivity contribution is 6.21. The van der Waals surface area contributed by atoms with Crippen LogP contribution in [0.5, 0.6) is 17.2 Å². The molecule has 0 aromatic heterocycles. The Morgan fingerprint density at radius 3 is 2.67 bits per heavy atom. The van der Waals surface area contributed by atoms with Gasteiger partial charge in [0, 0.05) is 5.56 Å². The van der Waals surface area contributed by atoms with Crippen molar-refractivity contribution >= 4 is 17.5 Å². The number of quaternary nitrogens is 1. The summed E-state index contributed by atoms with van der Waals surface area (Å²) in [5.41, 5.74) is 1.59. The van der Waals surface area contributed by atoms with E-state index in [1.165, 1.54) is 4.90 Å². The minimum atomic E-state index is -0.422. The number of carbonyl (C=O) groups is 2. The molecule has 2 heterocycles. The lowest BCUT2D eigenvalue weighted by Crippen LogP contribution is -2.90. The average Bonchev–Trinajstić information content (AvgIpc) is 3.25. The zero-order valence-electron chi connectivity index (χ0n) is 15.0. The number of nitrogens with two attached hydrogens (primary N) is 1. The number of anilines is 1. The van der Waals surface area contributed by atoms with Gasteiger partial charge in [0.1, 0.15) is 12.3 Å². The Hall–Kier alpha value is -3.06. The SMILES string of the molecule is CCOc1ccc(N2C(=O)C[C@H]([NH2+]Cc3ccc4c(c3)OCO4)C2=O)cc1. The highest BCUT2D eigenvalue weighted by atomic mass is 16.7. The van der Waals surface area contributed by atoms with Crippen molar-refractivity contribution in [2.24, 2.45) is 0 Å². The second-order valence-electron chi connectivity index (χ2n) is 6.43. The van der Waals surface area contributed by atoms with Gasteiger partial charge in [-0.1, -0.05) is 0 Å². The van der Waals surface area contributed by atoms with Gasteiger partial charge >= 0.3 is 0 Å². The maximum absolute atomic E-state index is 12.7. The van der Waals surface area contributed by atoms with Crippen LogP contribution in [0, 0.1) is 0 Å². The molecule has 0 spiro atoms. The lowest BCUT2D eigenvalue weighted by Gasteiger charge is -2.15. The van der Waals surface area contributed by atoms with Gasteiger partial charge in [-0.05, 0) is 49.4 Å². The molecule has 2 N–H and O–H groups in total. The standard InChI is InChI=1S/C20H20N2O5/c1-2-25-15-6-4-14(5-7-15)22-19(23)10-16(20(22)24)21-11-13-3-8-17-18(9-13)27-12-26-17/h3-9,16,21H,2,10-12H2,1H3/p+1/t16-/m0/s1. The predicted octanol–water partition coefficient (Wildman–Crippen LogP) is 1.21. The molecule has 1 fully saturated rings. The zero-order valence-corrected chi connectivity index (χ0v) is 15.0. The number of amides is 2. The molecule has 0 unspecified atom stereocenters. The summed E-state index contributed by atoms with van der Waals surface area (Å²) in [6.07, 6.45) is 0.191. The van der Waals surface area contributed by atoms with Crippen LogP contribution in [0.4, 0.5) is 5.69 Å². The van der Waals surface area contributed by atoms with E-state index in [0.717, 1.165) is 11.3 Å². The molecule has 0 aliphatic carbocycles. The smallest absolute Gasteiger partial charge is 0.292 e. The minimum absolute atomic E-state index is 0.184. The Labute approximate surface area is 156 Å². The molecule has 140 valence electrons. The largest absolute Gasteiger partial charge is 0.494 e. The molecule has 2 aliphatic rings. The third-order valence-corrected chi connectivity index (χ3v) is 4.66. The number of hydrogen-bond acceptors (Lipinski definition) is 5. The van der Waals surface area contributed by atoms with E-state index in [-0.39, 0.29) is 25.0 Å². The summed E-state index contributed by atoms with van der Waals surface area (Å²) < 4.78 is 16.1. The molecule has 2 aromatic rings. The molecule has 7 nitrogen and oxygen atoms in total. The van der Waals surface area contributed by atoms with Crippen LogP contribution < -0.4 is 24.4 Å². The van der Waals surface area contributed by atoms with Gasteiger partial charge in [-0.15, -0.1) is 0 Å². The van der Waals surface area contributed by atoms with E-state index < -0.39 is 6.04 Å². The number of rotatable bonds is 6. The summed E-state index contributed by atoms with van der Waals surface area (Å²) in [5.74, 6) is 1.78. The number of benzene rings is 2. The second kappa shape index (κ2) is 7.28. The third kappa shape index (κ3) is 3.46. The predicted molar refractivity (Wildman–Crippen MR) is 96.7 cm³/mol. The van der Waals surface area contributed by atoms with Crippen molar-refractivity contribution in [2.75, 3.05) is 18.3 Å². The van der Waals surface area contributed by atoms with Crippen LogP contribution in [0.15, 0.2) is 42.5 Å². The van der Waals surface area contributed by atoms with Crippen molar-refractivity contribution < 1.29 is 29.1 Å². The van der Waals surface area contributed by atoms with Crippen LogP contribution in [0.3, 0.4) is 0 Å². The van der Waals surface area contributed by atoms with Gasteiger partial charge in [0.25, 0.3) is 5.91 Å². The van der Waals surface area contributed by atoms with E-state index >= 15 is 0 Å². The van der Waals surface area contributed by atoms with Crippen molar-refractivity contribution in [3.8, 4) is 17.2 Å². The van der Waals surface area contributed by atoms with Crippen molar-refractivity contribution in [2.45, 2.75) is 25.9 Å². The first-order valence-corrected chi connectivity index (χ1v) is 8.97. The average molecular weight is 369 g/mol. The van der Waals surface area contributed by atoms with Gasteiger partial charge in [-0.2, -0.15) is 0 Å². The Bertz CT molecular complexity index is 865. The summed E-state index contributed by atoms with van der Waals surface area (Å²) in [6, 6.07) is 12.3. The van der Waals surface area contributed by atoms with Gasteiger partial charge in [0.05, 0.1) is 18.7 Å². The zero-order chi connectivity index (χ0) is 18.8. The monoisotopic (exact) mass is 369 g/mol. The maximum Gasteiger partial charge on any atom is 0.292 e. The molecular weight excluding hydrogens is 348 g/mol. The van der Waals surface area contributed by atoms with Crippen molar-refractivity contribution in [3.63, 3.8) is 0 Å². The highest BCUT2D eigenvalue weighted by Crippen LogP contribution is 2.32. The topological polar surface area (TPSA) is 81.7 Å². The maximum atomic E-state index is 12.7. The van der Waals surface area contributed by atoms with Crippen molar-refractivity contribution in [1.29, 1.82) is 0 Å². The molecule has 2 aromatic carbocycles. The fraction of sp³-hybridized carbons (Fsp3) is 0.300. The van der Waals surface area contributed by atoms with Crippen LogP contribution in [0.2, 0.25) is 0 Å². The normalized spacial score (nSPS) is 18.3. The molecule has 1 saturated heterocycles. The molecular formula is C20H21N2O5+. The summed E-state index contributed by atoms with van der Waals surface area (Å²) in [5, 5.41) is 1.90. The van der Waals surface area contributed by atoms with E-state index in [9.17, 15) is 9.59 Å². The molecule has 0 radical (unpaired) electrons. The fourth-order valence-electron chi connectivity index (χ4n) is 3.32. The third-order valence-electron chi connectivity index (χ3n) is 4.66. The Morgan fingerprint density at radius 2 is 1.89 bits per heavy atom. The van der Waals surface area contributed by atoms with E-state index in [0.29, 0.717) is 30.3 Å². The lowest BCUT2D eigenvalue weighted by atomic mass is 10.1. The number of fused-ring (bicyclic) bond motifs is 1. The molecule has 0 bridgehead atoms. The number of nitrogens with zero attached hydrogens (tertiary/aromatic N) is 1. The number of carbonyl (C=O) groups excluding carboxylic acids is 2. The first-order valence-electron chi connectivity index (χ1n) is 8.97. The van der Waals surface area contributed by atoms with Gasteiger partial charge < -0.3 is 19.5 Å². The number of hydrogen-bond donors (Lipinski definition) is 1. The second-order valence-corrected chi connectivity index (χ2v) is 6.43. The van der Waals surface area contributed by atoms with Crippen molar-refractivity contribution in [3.05, 3.63) is 48.0 Å². The Balaban J connectivity index is 1.41. The molecule has 2 amide bonds. The number of imide groups is 1. The van der Waals surface area contributed by atoms with Crippen LogP contribution in [-0.2, 0) is 16.1 Å². The number of ether oxygens (including phenoxy) is 3. The van der Waals surface area contributed by atoms with Gasteiger partial charge in [-0.25, -0.2) is 4.90 Å². The van der Waals surface area contributed by atoms with Crippen LogP contribution in [0.25, 0.3) is 0 Å². The first kappa shape index (κ1) is 17.4. The lowest BCUT2D eigenvalue weighted by molar-refractivity contribution is -0.690. The highest BCUT2D eigenvalue weighted by Gasteiger charge is 2.42. The molecule has 1 atom stereocenters. The quantitative estimate of drug-likeness (QED) is 0.774. The molecule has 2 aliphatic heterocycles. The summed E-state index contributed by atoms with van der Waals surface area (Å²) >= 11 is 0. The Kier molecular flexibility index (Phi) is 4.68. The van der Waals surface area contributed by atoms with Gasteiger partial charge in [0.15, 0.2) is 17.5 Å². The van der Waals surface area contributed by atoms with Crippen LogP contribution >= 0.6 is 0 Å². The van der Waals surface area contributed by atoms with Crippen LogP contribution in [0.1, 0.15) is 18.9 Å². The van der Waals surface area contributed by atoms with E-state index in [1.807, 2.05) is 30.4 Å². The fourth-order valence-corrected chi connectivity index (χ4v) is 3.32. The summed E-state index contributed by atoms with van der Waals surface area (Å²) in [7, 11) is 0. The molecule has 27 heavy (non-hydrogen) atoms. The summed E-state index contributed by atoms with van der Waals surface area (Å²) in [4.78, 5) is 26.4. The van der Waals surface area contributed by atoms with Crippen LogP contribution in [-0.4, -0.2) is 31.3 Å². The molecule has 7 heteroatoms. The Morgan fingerprint density at radius 1 is 1.11 bits per heavy atom. The van der Waals surface area contributed by atoms with Gasteiger partial charge in [0.2, 0.25) is 12.7 Å². The summed E-state index contributed by atoms with van der Waals surface area (Å²) in [6.45, 7) is 3.28. The van der Waals surface area contributed by atoms with Crippen molar-refractivity contribution in [1.82, 2.24) is 0 Å². The van der Waals surface area contributed by atoms with E-state index in [2.05, 4.69) is 0 Å². The van der Waals surface area contributed by atoms with Gasteiger partial charge in [-0.3, -0.25) is 9.59 Å². The molecule has 4 rings (SSSR count). The first-order chi connectivity index (χ1) is 13.2.